The van der Waals surface area contributed by atoms with Crippen LogP contribution < -0.4 is 0 Å². The van der Waals surface area contributed by atoms with Gasteiger partial charge in [-0.25, -0.2) is 0 Å². The molecule has 0 aromatic rings. The van der Waals surface area contributed by atoms with Crippen LogP contribution in [-0.4, -0.2) is 32.9 Å². The van der Waals surface area contributed by atoms with Gasteiger partial charge in [0.1, 0.15) is 7.85 Å². The van der Waals surface area contributed by atoms with Gasteiger partial charge in [-0.2, -0.15) is 0 Å². The van der Waals surface area contributed by atoms with E-state index < -0.39 is 0 Å². The molecule has 1 rings (SSSR count). The average molecular weight is 125 g/mol. The molecule has 0 aromatic heterocycles. The fraction of sp³-hybridized carbons (Fsp3) is 1.00. The van der Waals surface area contributed by atoms with Gasteiger partial charge in [0.15, 0.2) is 0 Å². The van der Waals surface area contributed by atoms with Gasteiger partial charge < -0.3 is 4.90 Å². The van der Waals surface area contributed by atoms with Crippen LogP contribution in [0.15, 0.2) is 0 Å². The second kappa shape index (κ2) is 2.33. The Kier molecular flexibility index (Phi) is 1.85. The van der Waals surface area contributed by atoms with Crippen molar-refractivity contribution in [3.63, 3.8) is 0 Å². The normalized spacial score (nSPS) is 28.2. The SMILES string of the molecule is BC1(C)CCN(C)CC1. The van der Waals surface area contributed by atoms with Crippen molar-refractivity contribution in [2.45, 2.75) is 25.1 Å². The molecular weight excluding hydrogens is 109 g/mol. The molecule has 1 fully saturated rings. The van der Waals surface area contributed by atoms with Crippen LogP contribution >= 0.6 is 0 Å². The van der Waals surface area contributed by atoms with E-state index >= 15 is 0 Å². The quantitative estimate of drug-likeness (QED) is 0.426. The molecule has 0 N–H and O–H groups in total. The first kappa shape index (κ1) is 7.14. The van der Waals surface area contributed by atoms with Gasteiger partial charge in [0.2, 0.25) is 0 Å². The van der Waals surface area contributed by atoms with Gasteiger partial charge in [-0.1, -0.05) is 12.2 Å². The topological polar surface area (TPSA) is 3.24 Å². The Bertz CT molecular complexity index is 91.1. The van der Waals surface area contributed by atoms with Gasteiger partial charge in [-0.15, -0.1) is 0 Å². The second-order valence-electron chi connectivity index (χ2n) is 3.97. The summed E-state index contributed by atoms with van der Waals surface area (Å²) in [6, 6.07) is 0. The Labute approximate surface area is 58.8 Å². The Morgan fingerprint density at radius 3 is 2.11 bits per heavy atom. The third-order valence-corrected chi connectivity index (χ3v) is 2.34. The summed E-state index contributed by atoms with van der Waals surface area (Å²) >= 11 is 0. The van der Waals surface area contributed by atoms with Crippen molar-refractivity contribution >= 4 is 7.85 Å². The fourth-order valence-corrected chi connectivity index (χ4v) is 1.22. The van der Waals surface area contributed by atoms with E-state index in [1.807, 2.05) is 0 Å². The summed E-state index contributed by atoms with van der Waals surface area (Å²) in [4.78, 5) is 2.41. The lowest BCUT2D eigenvalue weighted by molar-refractivity contribution is 0.239. The highest BCUT2D eigenvalue weighted by Crippen LogP contribution is 2.33. The Balaban J connectivity index is 2.35. The van der Waals surface area contributed by atoms with E-state index in [4.69, 9.17) is 0 Å². The molecule has 0 spiro atoms. The summed E-state index contributed by atoms with van der Waals surface area (Å²) in [6.07, 6.45) is 2.73. The van der Waals surface area contributed by atoms with Crippen molar-refractivity contribution in [2.24, 2.45) is 0 Å². The largest absolute Gasteiger partial charge is 0.306 e. The van der Waals surface area contributed by atoms with E-state index in [0.717, 1.165) is 0 Å². The third kappa shape index (κ3) is 2.01. The van der Waals surface area contributed by atoms with Crippen molar-refractivity contribution in [1.29, 1.82) is 0 Å². The first-order valence-electron chi connectivity index (χ1n) is 3.79. The molecule has 0 atom stereocenters. The molecule has 0 amide bonds. The van der Waals surface area contributed by atoms with Crippen LogP contribution in [0.4, 0.5) is 0 Å². The zero-order valence-corrected chi connectivity index (χ0v) is 6.78. The standard InChI is InChI=1S/C7H16BN/c1-7(8)3-5-9(2)6-4-7/h3-6,8H2,1-2H3. The van der Waals surface area contributed by atoms with Crippen molar-refractivity contribution in [3.05, 3.63) is 0 Å². The Morgan fingerprint density at radius 1 is 1.33 bits per heavy atom. The lowest BCUT2D eigenvalue weighted by atomic mass is 9.64. The summed E-state index contributed by atoms with van der Waals surface area (Å²) in [5.74, 6) is 0. The van der Waals surface area contributed by atoms with Crippen LogP contribution in [0.1, 0.15) is 19.8 Å². The maximum absolute atomic E-state index is 2.41. The van der Waals surface area contributed by atoms with Crippen LogP contribution in [0.5, 0.6) is 0 Å². The fourth-order valence-electron chi connectivity index (χ4n) is 1.22. The first-order chi connectivity index (χ1) is 4.10. The van der Waals surface area contributed by atoms with E-state index in [-0.39, 0.29) is 0 Å². The summed E-state index contributed by atoms with van der Waals surface area (Å²) in [6.45, 7) is 4.93. The number of nitrogens with zero attached hydrogens (tertiary/aromatic N) is 1. The Morgan fingerprint density at radius 2 is 1.78 bits per heavy atom. The predicted molar refractivity (Wildman–Crippen MR) is 43.6 cm³/mol. The lowest BCUT2D eigenvalue weighted by Crippen LogP contribution is -2.32. The van der Waals surface area contributed by atoms with Gasteiger partial charge in [-0.3, -0.25) is 0 Å². The minimum absolute atomic E-state index is 0.618. The highest BCUT2D eigenvalue weighted by atomic mass is 15.1. The van der Waals surface area contributed by atoms with Gasteiger partial charge >= 0.3 is 0 Å². The summed E-state index contributed by atoms with van der Waals surface area (Å²) in [7, 11) is 4.56. The van der Waals surface area contributed by atoms with Crippen LogP contribution in [0.25, 0.3) is 0 Å². The predicted octanol–water partition coefficient (Wildman–Crippen LogP) is 0.524. The van der Waals surface area contributed by atoms with E-state index in [2.05, 4.69) is 26.7 Å². The van der Waals surface area contributed by atoms with Crippen molar-refractivity contribution in [3.8, 4) is 0 Å². The number of rotatable bonds is 0. The third-order valence-electron chi connectivity index (χ3n) is 2.34. The lowest BCUT2D eigenvalue weighted by Gasteiger charge is -2.34. The molecule has 0 unspecified atom stereocenters. The molecule has 0 aromatic carbocycles. The molecule has 9 heavy (non-hydrogen) atoms. The van der Waals surface area contributed by atoms with Crippen LogP contribution in [0.2, 0.25) is 5.31 Å². The van der Waals surface area contributed by atoms with Gasteiger partial charge in [0.05, 0.1) is 0 Å². The summed E-state index contributed by atoms with van der Waals surface area (Å²) < 4.78 is 0. The molecule has 0 saturated carbocycles. The first-order valence-corrected chi connectivity index (χ1v) is 3.79. The minimum atomic E-state index is 0.618. The Hall–Kier alpha value is 0.0249. The number of piperidine rings is 1. The van der Waals surface area contributed by atoms with Crippen molar-refractivity contribution < 1.29 is 0 Å². The number of likely N-dealkylation sites (tertiary alicyclic amines) is 1. The highest BCUT2D eigenvalue weighted by Gasteiger charge is 2.22. The van der Waals surface area contributed by atoms with Crippen molar-refractivity contribution in [2.75, 3.05) is 20.1 Å². The van der Waals surface area contributed by atoms with E-state index in [9.17, 15) is 0 Å². The maximum Gasteiger partial charge on any atom is 0.109 e. The monoisotopic (exact) mass is 125 g/mol. The molecule has 1 saturated heterocycles. The second-order valence-corrected chi connectivity index (χ2v) is 3.97. The molecule has 0 aliphatic carbocycles. The number of hydrogen-bond donors (Lipinski definition) is 0. The summed E-state index contributed by atoms with van der Waals surface area (Å²) in [5, 5.41) is 0.618. The molecule has 52 valence electrons. The molecule has 0 bridgehead atoms. The molecule has 0 radical (unpaired) electrons. The smallest absolute Gasteiger partial charge is 0.109 e. The number of hydrogen-bond acceptors (Lipinski definition) is 1. The van der Waals surface area contributed by atoms with Crippen LogP contribution in [0.3, 0.4) is 0 Å². The van der Waals surface area contributed by atoms with Crippen LogP contribution in [0, 0.1) is 0 Å². The molecule has 2 heteroatoms. The molecular formula is C7H16BN. The van der Waals surface area contributed by atoms with Gasteiger partial charge in [-0.05, 0) is 33.0 Å². The molecule has 1 heterocycles. The summed E-state index contributed by atoms with van der Waals surface area (Å²) in [5.41, 5.74) is 0. The minimum Gasteiger partial charge on any atom is -0.306 e. The van der Waals surface area contributed by atoms with Gasteiger partial charge in [0.25, 0.3) is 0 Å². The average Bonchev–Trinajstić information content (AvgIpc) is 1.78. The van der Waals surface area contributed by atoms with Crippen molar-refractivity contribution in [1.82, 2.24) is 4.90 Å². The highest BCUT2D eigenvalue weighted by molar-refractivity contribution is 6.14. The molecule has 1 aliphatic rings. The van der Waals surface area contributed by atoms with E-state index in [0.29, 0.717) is 5.31 Å². The maximum atomic E-state index is 2.41. The van der Waals surface area contributed by atoms with E-state index in [1.165, 1.54) is 25.9 Å². The van der Waals surface area contributed by atoms with Crippen LogP contribution in [-0.2, 0) is 0 Å². The zero-order valence-electron chi connectivity index (χ0n) is 6.78. The molecule has 1 aliphatic heterocycles. The zero-order chi connectivity index (χ0) is 6.91. The van der Waals surface area contributed by atoms with Gasteiger partial charge in [0, 0.05) is 0 Å². The van der Waals surface area contributed by atoms with E-state index in [1.54, 1.807) is 0 Å². The molecule has 1 nitrogen and oxygen atoms in total.